The van der Waals surface area contributed by atoms with Gasteiger partial charge < -0.3 is 15.8 Å². The first-order valence-corrected chi connectivity index (χ1v) is 9.18. The lowest BCUT2D eigenvalue weighted by Crippen LogP contribution is -2.47. The van der Waals surface area contributed by atoms with Crippen LogP contribution in [0.5, 0.6) is 0 Å². The molecule has 3 rings (SSSR count). The molecule has 0 aromatic heterocycles. The monoisotopic (exact) mass is 353 g/mol. The smallest absolute Gasteiger partial charge is 0.237 e. The SMILES string of the molecule is NC(Cc1ccccc1)C(=O)NCC(c1ccccc1)N1CCOCC1. The van der Waals surface area contributed by atoms with Crippen LogP contribution < -0.4 is 11.1 Å². The van der Waals surface area contributed by atoms with Crippen LogP contribution in [0.25, 0.3) is 0 Å². The lowest BCUT2D eigenvalue weighted by atomic mass is 10.0. The molecule has 2 unspecified atom stereocenters. The van der Waals surface area contributed by atoms with E-state index in [1.807, 2.05) is 48.5 Å². The van der Waals surface area contributed by atoms with E-state index in [1.165, 1.54) is 5.56 Å². The number of benzene rings is 2. The summed E-state index contributed by atoms with van der Waals surface area (Å²) >= 11 is 0. The quantitative estimate of drug-likeness (QED) is 0.796. The van der Waals surface area contributed by atoms with Crippen LogP contribution in [-0.2, 0) is 16.0 Å². The molecule has 1 fully saturated rings. The second-order valence-corrected chi connectivity index (χ2v) is 6.62. The second kappa shape index (κ2) is 9.48. The van der Waals surface area contributed by atoms with Gasteiger partial charge in [0.25, 0.3) is 0 Å². The minimum absolute atomic E-state index is 0.108. The Labute approximate surface area is 155 Å². The molecule has 2 aromatic carbocycles. The molecule has 2 aromatic rings. The standard InChI is InChI=1S/C21H27N3O2/c22-19(15-17-7-3-1-4-8-17)21(25)23-16-20(18-9-5-2-6-10-18)24-11-13-26-14-12-24/h1-10,19-20H,11-16,22H2,(H,23,25). The van der Waals surface area contributed by atoms with Gasteiger partial charge in [-0.1, -0.05) is 60.7 Å². The molecule has 1 saturated heterocycles. The van der Waals surface area contributed by atoms with E-state index in [-0.39, 0.29) is 11.9 Å². The van der Waals surface area contributed by atoms with Crippen molar-refractivity contribution >= 4 is 5.91 Å². The molecule has 2 atom stereocenters. The lowest BCUT2D eigenvalue weighted by molar-refractivity contribution is -0.122. The van der Waals surface area contributed by atoms with Crippen LogP contribution in [0.2, 0.25) is 0 Å². The van der Waals surface area contributed by atoms with Gasteiger partial charge in [0, 0.05) is 19.6 Å². The third-order valence-electron chi connectivity index (χ3n) is 4.78. The molecule has 0 saturated carbocycles. The van der Waals surface area contributed by atoms with Gasteiger partial charge in [0.1, 0.15) is 0 Å². The first kappa shape index (κ1) is 18.6. The van der Waals surface area contributed by atoms with Gasteiger partial charge in [0.2, 0.25) is 5.91 Å². The van der Waals surface area contributed by atoms with Crippen LogP contribution >= 0.6 is 0 Å². The van der Waals surface area contributed by atoms with E-state index in [9.17, 15) is 4.79 Å². The number of carbonyl (C=O) groups excluding carboxylic acids is 1. The Kier molecular flexibility index (Phi) is 6.77. The van der Waals surface area contributed by atoms with E-state index in [0.29, 0.717) is 13.0 Å². The van der Waals surface area contributed by atoms with Gasteiger partial charge in [-0.2, -0.15) is 0 Å². The van der Waals surface area contributed by atoms with Crippen LogP contribution in [0.15, 0.2) is 60.7 Å². The number of rotatable bonds is 7. The number of nitrogens with zero attached hydrogens (tertiary/aromatic N) is 1. The fourth-order valence-electron chi connectivity index (χ4n) is 3.31. The van der Waals surface area contributed by atoms with Crippen molar-refractivity contribution in [1.29, 1.82) is 0 Å². The number of nitrogens with one attached hydrogen (secondary N) is 1. The average molecular weight is 353 g/mol. The predicted molar refractivity (Wildman–Crippen MR) is 103 cm³/mol. The normalized spacial score (nSPS) is 17.4. The van der Waals surface area contributed by atoms with Crippen molar-refractivity contribution in [3.05, 3.63) is 71.8 Å². The fourth-order valence-corrected chi connectivity index (χ4v) is 3.31. The molecule has 0 radical (unpaired) electrons. The highest BCUT2D eigenvalue weighted by molar-refractivity contribution is 5.81. The maximum absolute atomic E-state index is 12.5. The lowest BCUT2D eigenvalue weighted by Gasteiger charge is -2.35. The molecule has 0 aliphatic carbocycles. The summed E-state index contributed by atoms with van der Waals surface area (Å²) in [6.45, 7) is 3.73. The number of amides is 1. The van der Waals surface area contributed by atoms with E-state index in [4.69, 9.17) is 10.5 Å². The molecule has 0 bridgehead atoms. The number of ether oxygens (including phenoxy) is 1. The van der Waals surface area contributed by atoms with Crippen molar-refractivity contribution in [2.24, 2.45) is 5.73 Å². The summed E-state index contributed by atoms with van der Waals surface area (Å²) in [6, 6.07) is 19.8. The zero-order chi connectivity index (χ0) is 18.2. The number of hydrogen-bond donors (Lipinski definition) is 2. The summed E-state index contributed by atoms with van der Waals surface area (Å²) in [6.07, 6.45) is 0.542. The minimum Gasteiger partial charge on any atom is -0.379 e. The van der Waals surface area contributed by atoms with Crippen molar-refractivity contribution in [2.45, 2.75) is 18.5 Å². The van der Waals surface area contributed by atoms with Crippen molar-refractivity contribution in [3.8, 4) is 0 Å². The summed E-state index contributed by atoms with van der Waals surface area (Å²) in [4.78, 5) is 14.8. The summed E-state index contributed by atoms with van der Waals surface area (Å²) in [7, 11) is 0. The van der Waals surface area contributed by atoms with E-state index >= 15 is 0 Å². The second-order valence-electron chi connectivity index (χ2n) is 6.62. The molecule has 26 heavy (non-hydrogen) atoms. The molecule has 138 valence electrons. The Hall–Kier alpha value is -2.21. The summed E-state index contributed by atoms with van der Waals surface area (Å²) in [5, 5.41) is 3.05. The topological polar surface area (TPSA) is 67.6 Å². The van der Waals surface area contributed by atoms with Crippen molar-refractivity contribution < 1.29 is 9.53 Å². The molecule has 1 amide bonds. The number of morpholine rings is 1. The molecular formula is C21H27N3O2. The molecule has 1 aliphatic rings. The third-order valence-corrected chi connectivity index (χ3v) is 4.78. The van der Waals surface area contributed by atoms with E-state index in [2.05, 4.69) is 22.3 Å². The van der Waals surface area contributed by atoms with Gasteiger partial charge in [-0.25, -0.2) is 0 Å². The zero-order valence-corrected chi connectivity index (χ0v) is 15.0. The van der Waals surface area contributed by atoms with Crippen molar-refractivity contribution in [1.82, 2.24) is 10.2 Å². The van der Waals surface area contributed by atoms with Crippen LogP contribution in [0.3, 0.4) is 0 Å². The first-order valence-electron chi connectivity index (χ1n) is 9.18. The van der Waals surface area contributed by atoms with Gasteiger partial charge >= 0.3 is 0 Å². The highest BCUT2D eigenvalue weighted by atomic mass is 16.5. The van der Waals surface area contributed by atoms with E-state index in [0.717, 1.165) is 31.9 Å². The van der Waals surface area contributed by atoms with Crippen molar-refractivity contribution in [3.63, 3.8) is 0 Å². The Balaban J connectivity index is 1.60. The molecule has 1 heterocycles. The summed E-state index contributed by atoms with van der Waals surface area (Å²) in [5.41, 5.74) is 8.38. The molecule has 5 heteroatoms. The van der Waals surface area contributed by atoms with E-state index < -0.39 is 6.04 Å². The molecule has 5 nitrogen and oxygen atoms in total. The van der Waals surface area contributed by atoms with Gasteiger partial charge in [-0.05, 0) is 17.5 Å². The van der Waals surface area contributed by atoms with Crippen molar-refractivity contribution in [2.75, 3.05) is 32.8 Å². The summed E-state index contributed by atoms with van der Waals surface area (Å²) < 4.78 is 5.47. The first-order chi connectivity index (χ1) is 12.7. The predicted octanol–water partition coefficient (Wildman–Crippen LogP) is 1.75. The number of carbonyl (C=O) groups is 1. The van der Waals surface area contributed by atoms with E-state index in [1.54, 1.807) is 0 Å². The number of hydrogen-bond acceptors (Lipinski definition) is 4. The Bertz CT molecular complexity index is 672. The third kappa shape index (κ3) is 5.14. The number of nitrogens with two attached hydrogens (primary N) is 1. The minimum atomic E-state index is -0.543. The zero-order valence-electron chi connectivity index (χ0n) is 15.0. The maximum Gasteiger partial charge on any atom is 0.237 e. The Morgan fingerprint density at radius 2 is 1.65 bits per heavy atom. The van der Waals surface area contributed by atoms with Crippen LogP contribution in [0.4, 0.5) is 0 Å². The van der Waals surface area contributed by atoms with Gasteiger partial charge in [-0.15, -0.1) is 0 Å². The maximum atomic E-state index is 12.5. The van der Waals surface area contributed by atoms with Gasteiger partial charge in [0.15, 0.2) is 0 Å². The molecular weight excluding hydrogens is 326 g/mol. The van der Waals surface area contributed by atoms with Crippen LogP contribution in [0, 0.1) is 0 Å². The van der Waals surface area contributed by atoms with Crippen LogP contribution in [0.1, 0.15) is 17.2 Å². The molecule has 0 spiro atoms. The molecule has 3 N–H and O–H groups in total. The van der Waals surface area contributed by atoms with Gasteiger partial charge in [-0.3, -0.25) is 9.69 Å². The summed E-state index contributed by atoms with van der Waals surface area (Å²) in [5.74, 6) is -0.108. The Morgan fingerprint density at radius 1 is 1.04 bits per heavy atom. The average Bonchev–Trinajstić information content (AvgIpc) is 2.70. The largest absolute Gasteiger partial charge is 0.379 e. The Morgan fingerprint density at radius 3 is 2.31 bits per heavy atom. The van der Waals surface area contributed by atoms with Gasteiger partial charge in [0.05, 0.1) is 25.3 Å². The fraction of sp³-hybridized carbons (Fsp3) is 0.381. The highest BCUT2D eigenvalue weighted by Crippen LogP contribution is 2.21. The van der Waals surface area contributed by atoms with Crippen LogP contribution in [-0.4, -0.2) is 49.7 Å². The highest BCUT2D eigenvalue weighted by Gasteiger charge is 2.24. The molecule has 1 aliphatic heterocycles.